The zero-order valence-electron chi connectivity index (χ0n) is 22.6. The standard InChI is InChI=1S/C28H24BrFN8O5/c1-2-40-23-13-18(12-21(29)25(23)42-15-17-8-10-19(30)11-9-17)14-32-34-28(39)24-22(16-41-20-6-4-3-5-7-20)38(37-33-24)27-26(31)35-43-36-27/h3-14H,2,15-16H2,1H3,(H2,31,35)(H,34,39)/b32-14-. The second kappa shape index (κ2) is 13.6. The van der Waals surface area contributed by atoms with Gasteiger partial charge in [0.15, 0.2) is 17.2 Å². The predicted octanol–water partition coefficient (Wildman–Crippen LogP) is 4.45. The first-order chi connectivity index (χ1) is 20.9. The Balaban J connectivity index is 1.32. The van der Waals surface area contributed by atoms with Crippen molar-refractivity contribution in [3.8, 4) is 23.1 Å². The van der Waals surface area contributed by atoms with Gasteiger partial charge in [0.25, 0.3) is 5.91 Å². The topological polar surface area (TPSA) is 165 Å². The monoisotopic (exact) mass is 650 g/mol. The van der Waals surface area contributed by atoms with Gasteiger partial charge in [-0.1, -0.05) is 35.5 Å². The smallest absolute Gasteiger partial charge is 0.293 e. The molecular formula is C28H24BrFN8O5. The molecule has 0 bridgehead atoms. The van der Waals surface area contributed by atoms with Gasteiger partial charge in [0, 0.05) is 0 Å². The van der Waals surface area contributed by atoms with Gasteiger partial charge in [-0.15, -0.1) is 5.10 Å². The lowest BCUT2D eigenvalue weighted by molar-refractivity contribution is 0.0947. The number of nitrogen functional groups attached to an aromatic ring is 1. The minimum atomic E-state index is -0.660. The SMILES string of the molecule is CCOc1cc(/C=N\NC(=O)c2nnn(-c3nonc3N)c2COc2ccccc2)cc(Br)c1OCc1ccc(F)cc1. The Hall–Kier alpha value is -5.31. The molecule has 0 saturated heterocycles. The van der Waals surface area contributed by atoms with Crippen molar-refractivity contribution in [1.29, 1.82) is 0 Å². The quantitative estimate of drug-likeness (QED) is 0.145. The van der Waals surface area contributed by atoms with Crippen LogP contribution in [-0.2, 0) is 13.2 Å². The average Bonchev–Trinajstić information content (AvgIpc) is 3.62. The van der Waals surface area contributed by atoms with E-state index >= 15 is 0 Å². The van der Waals surface area contributed by atoms with Crippen LogP contribution in [0.4, 0.5) is 10.2 Å². The number of carbonyl (C=O) groups excluding carboxylic acids is 1. The summed E-state index contributed by atoms with van der Waals surface area (Å²) in [6, 6.07) is 18.5. The van der Waals surface area contributed by atoms with Gasteiger partial charge in [0.1, 0.15) is 30.5 Å². The fourth-order valence-electron chi connectivity index (χ4n) is 3.80. The van der Waals surface area contributed by atoms with Gasteiger partial charge in [-0.05, 0) is 80.7 Å². The number of hydrazone groups is 1. The van der Waals surface area contributed by atoms with Gasteiger partial charge in [0.2, 0.25) is 11.6 Å². The van der Waals surface area contributed by atoms with Crippen LogP contribution in [0.1, 0.15) is 34.2 Å². The highest BCUT2D eigenvalue weighted by atomic mass is 79.9. The first kappa shape index (κ1) is 29.2. The zero-order chi connectivity index (χ0) is 30.2. The molecule has 15 heteroatoms. The third kappa shape index (κ3) is 7.13. The van der Waals surface area contributed by atoms with Crippen molar-refractivity contribution in [3.05, 3.63) is 99.5 Å². The second-order valence-electron chi connectivity index (χ2n) is 8.75. The Labute approximate surface area is 252 Å². The van der Waals surface area contributed by atoms with E-state index in [1.54, 1.807) is 36.4 Å². The van der Waals surface area contributed by atoms with Crippen molar-refractivity contribution >= 4 is 33.9 Å². The molecule has 0 fully saturated rings. The molecule has 2 heterocycles. The van der Waals surface area contributed by atoms with Crippen LogP contribution < -0.4 is 25.4 Å². The lowest BCUT2D eigenvalue weighted by Crippen LogP contribution is -2.21. The van der Waals surface area contributed by atoms with Crippen LogP contribution in [0.3, 0.4) is 0 Å². The lowest BCUT2D eigenvalue weighted by atomic mass is 10.2. The number of nitrogens with two attached hydrogens (primary N) is 1. The Bertz CT molecular complexity index is 1730. The van der Waals surface area contributed by atoms with Gasteiger partial charge in [-0.2, -0.15) is 9.78 Å². The molecule has 0 aliphatic carbocycles. The van der Waals surface area contributed by atoms with Crippen LogP contribution in [-0.4, -0.2) is 44.0 Å². The highest BCUT2D eigenvalue weighted by Crippen LogP contribution is 2.37. The number of carbonyl (C=O) groups is 1. The maximum atomic E-state index is 13.2. The van der Waals surface area contributed by atoms with E-state index in [9.17, 15) is 9.18 Å². The van der Waals surface area contributed by atoms with Crippen molar-refractivity contribution in [2.45, 2.75) is 20.1 Å². The van der Waals surface area contributed by atoms with Crippen LogP contribution in [0, 0.1) is 5.82 Å². The summed E-state index contributed by atoms with van der Waals surface area (Å²) in [5.74, 6) is 0.504. The van der Waals surface area contributed by atoms with Crippen molar-refractivity contribution in [1.82, 2.24) is 30.7 Å². The van der Waals surface area contributed by atoms with Gasteiger partial charge >= 0.3 is 0 Å². The van der Waals surface area contributed by atoms with Crippen LogP contribution in [0.15, 0.2) is 80.9 Å². The molecule has 5 aromatic rings. The molecule has 0 spiro atoms. The molecule has 0 aliphatic heterocycles. The molecule has 0 unspecified atom stereocenters. The summed E-state index contributed by atoms with van der Waals surface area (Å²) in [4.78, 5) is 13.1. The number of amides is 1. The molecule has 0 radical (unpaired) electrons. The molecule has 5 rings (SSSR count). The maximum Gasteiger partial charge on any atom is 0.293 e. The summed E-state index contributed by atoms with van der Waals surface area (Å²) in [5.41, 5.74) is 9.83. The highest BCUT2D eigenvalue weighted by molar-refractivity contribution is 9.10. The van der Waals surface area contributed by atoms with Gasteiger partial charge in [-0.25, -0.2) is 14.4 Å². The average molecular weight is 651 g/mol. The minimum absolute atomic E-state index is 0.0448. The van der Waals surface area contributed by atoms with E-state index in [0.717, 1.165) is 5.56 Å². The van der Waals surface area contributed by atoms with Crippen molar-refractivity contribution in [2.24, 2.45) is 5.10 Å². The fourth-order valence-corrected chi connectivity index (χ4v) is 4.38. The number of halogens is 2. The van der Waals surface area contributed by atoms with E-state index in [4.69, 9.17) is 19.9 Å². The number of nitrogens with zero attached hydrogens (tertiary/aromatic N) is 6. The Kier molecular flexibility index (Phi) is 9.21. The van der Waals surface area contributed by atoms with E-state index in [1.807, 2.05) is 25.1 Å². The molecule has 0 atom stereocenters. The summed E-state index contributed by atoms with van der Waals surface area (Å²) in [5, 5.41) is 19.3. The molecule has 0 saturated carbocycles. The predicted molar refractivity (Wildman–Crippen MR) is 156 cm³/mol. The van der Waals surface area contributed by atoms with Gasteiger partial charge in [0.05, 0.1) is 17.3 Å². The van der Waals surface area contributed by atoms with Gasteiger partial charge in [-0.3, -0.25) is 4.79 Å². The molecule has 43 heavy (non-hydrogen) atoms. The number of ether oxygens (including phenoxy) is 3. The number of benzene rings is 3. The number of nitrogens with one attached hydrogen (secondary N) is 1. The normalized spacial score (nSPS) is 11.0. The Morgan fingerprint density at radius 1 is 1.09 bits per heavy atom. The molecule has 0 aliphatic rings. The molecule has 1 amide bonds. The molecule has 3 N–H and O–H groups in total. The van der Waals surface area contributed by atoms with Gasteiger partial charge < -0.3 is 19.9 Å². The molecule has 220 valence electrons. The number of para-hydroxylation sites is 1. The summed E-state index contributed by atoms with van der Waals surface area (Å²) < 4.78 is 37.2. The number of hydrogen-bond acceptors (Lipinski definition) is 11. The van der Waals surface area contributed by atoms with E-state index < -0.39 is 5.91 Å². The first-order valence-electron chi connectivity index (χ1n) is 12.8. The minimum Gasteiger partial charge on any atom is -0.490 e. The summed E-state index contributed by atoms with van der Waals surface area (Å²) in [7, 11) is 0. The first-order valence-corrected chi connectivity index (χ1v) is 13.6. The van der Waals surface area contributed by atoms with Crippen LogP contribution in [0.25, 0.3) is 5.82 Å². The van der Waals surface area contributed by atoms with Crippen LogP contribution >= 0.6 is 15.9 Å². The molecule has 3 aromatic carbocycles. The zero-order valence-corrected chi connectivity index (χ0v) is 24.2. The van der Waals surface area contributed by atoms with Crippen molar-refractivity contribution in [3.63, 3.8) is 0 Å². The largest absolute Gasteiger partial charge is 0.490 e. The number of hydrogen-bond donors (Lipinski definition) is 2. The van der Waals surface area contributed by atoms with Crippen LogP contribution in [0.5, 0.6) is 17.2 Å². The Morgan fingerprint density at radius 3 is 2.60 bits per heavy atom. The summed E-state index contributed by atoms with van der Waals surface area (Å²) in [6.45, 7) is 2.33. The molecule has 2 aromatic heterocycles. The second-order valence-corrected chi connectivity index (χ2v) is 9.60. The number of anilines is 1. The number of rotatable bonds is 12. The molecular weight excluding hydrogens is 627 g/mol. The summed E-state index contributed by atoms with van der Waals surface area (Å²) >= 11 is 3.51. The van der Waals surface area contributed by atoms with Crippen LogP contribution in [0.2, 0.25) is 0 Å². The number of aromatic nitrogens is 5. The van der Waals surface area contributed by atoms with E-state index in [2.05, 4.69) is 51.7 Å². The fraction of sp³-hybridized carbons (Fsp3) is 0.143. The van der Waals surface area contributed by atoms with Crippen molar-refractivity contribution < 1.29 is 28.0 Å². The van der Waals surface area contributed by atoms with E-state index in [1.165, 1.54) is 23.0 Å². The maximum absolute atomic E-state index is 13.2. The third-order valence-corrected chi connectivity index (χ3v) is 6.39. The molecule has 13 nitrogen and oxygen atoms in total. The lowest BCUT2D eigenvalue weighted by Gasteiger charge is -2.14. The van der Waals surface area contributed by atoms with E-state index in [-0.39, 0.29) is 42.1 Å². The third-order valence-electron chi connectivity index (χ3n) is 5.80. The summed E-state index contributed by atoms with van der Waals surface area (Å²) in [6.07, 6.45) is 1.43. The Morgan fingerprint density at radius 2 is 1.88 bits per heavy atom. The van der Waals surface area contributed by atoms with E-state index in [0.29, 0.717) is 33.9 Å². The van der Waals surface area contributed by atoms with Crippen molar-refractivity contribution in [2.75, 3.05) is 12.3 Å². The highest BCUT2D eigenvalue weighted by Gasteiger charge is 2.24.